The molecule has 14 N–H and O–H groups in total. The van der Waals surface area contributed by atoms with Crippen LogP contribution in [0.25, 0.3) is 11.0 Å². The van der Waals surface area contributed by atoms with Crippen LogP contribution >= 0.6 is 0 Å². The molecule has 0 aliphatic carbocycles. The Morgan fingerprint density at radius 1 is 0.699 bits per heavy atom. The number of hydrazine groups is 1. The van der Waals surface area contributed by atoms with E-state index in [9.17, 15) is 86.1 Å². The zero-order chi connectivity index (χ0) is 91.4. The van der Waals surface area contributed by atoms with E-state index in [0.717, 1.165) is 23.2 Å². The molecule has 4 heterocycles. The minimum Gasteiger partial charge on any atom is -0.479 e. The number of esters is 1. The molecule has 9 amide bonds. The summed E-state index contributed by atoms with van der Waals surface area (Å²) < 4.78 is 76.2. The summed E-state index contributed by atoms with van der Waals surface area (Å²) in [5.74, 6) is -11.8. The number of nitrogens with zero attached hydrogens (tertiary/aromatic N) is 5. The lowest BCUT2D eigenvalue weighted by molar-refractivity contribution is -0.271. The number of amides is 9. The Bertz CT molecular complexity index is 4300. The fourth-order valence-corrected chi connectivity index (χ4v) is 15.5. The van der Waals surface area contributed by atoms with Gasteiger partial charge in [0.05, 0.1) is 81.7 Å². The predicted octanol–water partition coefficient (Wildman–Crippen LogP) is 1.17. The molecule has 39 nitrogen and oxygen atoms in total. The largest absolute Gasteiger partial charge is 0.479 e. The third-order valence-corrected chi connectivity index (χ3v) is 22.7. The molecular weight excluding hydrogens is 1630 g/mol. The van der Waals surface area contributed by atoms with Crippen LogP contribution in [0.15, 0.2) is 72.9 Å². The second kappa shape index (κ2) is 48.7. The Hall–Kier alpha value is -9.43. The summed E-state index contributed by atoms with van der Waals surface area (Å²) in [6, 6.07) is 9.51. The van der Waals surface area contributed by atoms with Gasteiger partial charge in [0.2, 0.25) is 59.5 Å². The van der Waals surface area contributed by atoms with Crippen molar-refractivity contribution in [2.24, 2.45) is 29.6 Å². The van der Waals surface area contributed by atoms with E-state index in [1.165, 1.54) is 27.2 Å². The number of hydrogen-bond donors (Lipinski definition) is 14. The Morgan fingerprint density at radius 3 is 1.96 bits per heavy atom. The molecule has 0 saturated carbocycles. The number of methoxy groups -OCH3 is 2. The summed E-state index contributed by atoms with van der Waals surface area (Å²) in [4.78, 5) is 160. The lowest BCUT2D eigenvalue weighted by Crippen LogP contribution is -2.61. The van der Waals surface area contributed by atoms with Crippen molar-refractivity contribution in [3.05, 3.63) is 89.7 Å². The number of carbonyl (C=O) groups is 11. The highest BCUT2D eigenvalue weighted by molar-refractivity contribution is 7.85. The van der Waals surface area contributed by atoms with Gasteiger partial charge in [0, 0.05) is 89.8 Å². The molecule has 2 saturated heterocycles. The van der Waals surface area contributed by atoms with Crippen LogP contribution in [0.1, 0.15) is 142 Å². The molecule has 4 aromatic rings. The van der Waals surface area contributed by atoms with Gasteiger partial charge in [-0.1, -0.05) is 99.1 Å². The van der Waals surface area contributed by atoms with Gasteiger partial charge in [-0.05, 0) is 100 Å². The van der Waals surface area contributed by atoms with Gasteiger partial charge < -0.3 is 110 Å². The van der Waals surface area contributed by atoms with Crippen molar-refractivity contribution in [1.29, 1.82) is 0 Å². The number of aryl methyl sites for hydroxylation is 1. The third-order valence-electron chi connectivity index (χ3n) is 22.0. The monoisotopic (exact) mass is 1750 g/mol. The minimum absolute atomic E-state index is 0.0163. The fourth-order valence-electron chi connectivity index (χ4n) is 14.9. The minimum atomic E-state index is -4.73. The predicted molar refractivity (Wildman–Crippen MR) is 450 cm³/mol. The molecule has 0 bridgehead atoms. The number of likely N-dealkylation sites (tertiary alicyclic amines) is 1. The highest BCUT2D eigenvalue weighted by atomic mass is 32.2. The van der Waals surface area contributed by atoms with Crippen LogP contribution in [0.3, 0.4) is 0 Å². The number of fused-ring (bicyclic) bond motifs is 1. The number of nitrogens with one attached hydrogen (secondary N) is 9. The standard InChI is InChI=1S/C83H128N14O25S/c1-18-48(8)67(95(15)80(109)66(47(6)7)93-78(107)64(84-12)45(2)3)60(116-16)42-63(100)97-34-23-27-58(97)71(117-17)49(9)75(104)88-50(10)72(52-24-20-19-21-25-52)121-82(112)56-29-28-54(41-59(56)120-83-70(103)68(101)69(102)73(122-83)81(110)111)90-76(105)51(11)89-79(108)65(46(4)5)92-62(99)31-36-118-38-39-119-37-33-87-77(106)57(44-123(113,114)115)91-61(98)30-35-96-55(43-94(14)85-13)40-53-26-22-32-86-74(53)96/h19-22,24-26,28-29,32,40-41,45-51,57-58,60,64-73,83-85,101-103H,18,23,27,30-31,33-39,42-44H2,1-17H3,(H,87,106)(H,88,104)(H,89,108)(H,90,105)(H,91,98)(H,92,99)(H,93,107)(H,110,111)(H,113,114,115)/t48-,49+,50+,51-,57-,58-,60+,64-,65-,66-,67-,68-,69-,70+,71+,72+,73-,83+/m0/s1. The van der Waals surface area contributed by atoms with Crippen molar-refractivity contribution in [2.75, 3.05) is 93.0 Å². The molecule has 2 aromatic carbocycles. The molecule has 123 heavy (non-hydrogen) atoms. The Labute approximate surface area is 718 Å². The van der Waals surface area contributed by atoms with Crippen LogP contribution in [-0.2, 0) is 99.6 Å². The van der Waals surface area contributed by atoms with Gasteiger partial charge in [0.1, 0.15) is 71.3 Å². The van der Waals surface area contributed by atoms with Gasteiger partial charge in [0.25, 0.3) is 10.1 Å². The third kappa shape index (κ3) is 29.3. The van der Waals surface area contributed by atoms with E-state index in [1.807, 2.05) is 70.3 Å². The summed E-state index contributed by atoms with van der Waals surface area (Å²) in [6.07, 6.45) is -11.0. The molecule has 2 fully saturated rings. The number of rotatable bonds is 50. The number of carboxylic acid groups (broad SMARTS) is 1. The van der Waals surface area contributed by atoms with Gasteiger partial charge in [-0.25, -0.2) is 19.6 Å². The van der Waals surface area contributed by atoms with Crippen molar-refractivity contribution in [2.45, 2.75) is 225 Å². The molecule has 2 aromatic heterocycles. The number of aliphatic hydroxyl groups excluding tert-OH is 3. The number of anilines is 1. The maximum absolute atomic E-state index is 14.9. The molecule has 0 unspecified atom stereocenters. The van der Waals surface area contributed by atoms with E-state index in [4.69, 9.17) is 33.2 Å². The topological polar surface area (TPSA) is 523 Å². The number of aliphatic hydroxyl groups is 3. The number of ether oxygens (including phenoxy) is 7. The summed E-state index contributed by atoms with van der Waals surface area (Å²) >= 11 is 0. The lowest BCUT2D eigenvalue weighted by Gasteiger charge is -2.41. The maximum Gasteiger partial charge on any atom is 0.342 e. The van der Waals surface area contributed by atoms with Crippen LogP contribution in [0.2, 0.25) is 0 Å². The van der Waals surface area contributed by atoms with Crippen molar-refractivity contribution in [3.8, 4) is 5.75 Å². The number of carbonyl (C=O) groups excluding carboxylic acids is 10. The van der Waals surface area contributed by atoms with E-state index in [1.54, 1.807) is 101 Å². The van der Waals surface area contributed by atoms with E-state index < -0.39 is 184 Å². The number of benzene rings is 2. The lowest BCUT2D eigenvalue weighted by atomic mass is 9.89. The molecule has 40 heteroatoms. The zero-order valence-corrected chi connectivity index (χ0v) is 74.0. The number of pyridine rings is 1. The van der Waals surface area contributed by atoms with Crippen LogP contribution in [0.5, 0.6) is 5.75 Å². The number of likely N-dealkylation sites (N-methyl/N-ethyl adjacent to an activating group) is 2. The first kappa shape index (κ1) is 102. The van der Waals surface area contributed by atoms with Crippen LogP contribution in [0, 0.1) is 29.6 Å². The number of carboxylic acids is 1. The molecule has 0 radical (unpaired) electrons. The van der Waals surface area contributed by atoms with Crippen molar-refractivity contribution in [3.63, 3.8) is 0 Å². The van der Waals surface area contributed by atoms with Gasteiger partial charge in [0.15, 0.2) is 6.10 Å². The quantitative estimate of drug-likeness (QED) is 0.0128. The Kier molecular flexibility index (Phi) is 40.6. The molecule has 2 aliphatic rings. The van der Waals surface area contributed by atoms with Gasteiger partial charge >= 0.3 is 11.9 Å². The van der Waals surface area contributed by atoms with E-state index in [2.05, 4.69) is 52.9 Å². The molecule has 2 aliphatic heterocycles. The molecule has 0 spiro atoms. The zero-order valence-electron chi connectivity index (χ0n) is 73.2. The van der Waals surface area contributed by atoms with Crippen LogP contribution in [0.4, 0.5) is 5.69 Å². The number of aromatic nitrogens is 2. The summed E-state index contributed by atoms with van der Waals surface area (Å²) in [5.41, 5.74) is 4.30. The Morgan fingerprint density at radius 2 is 1.35 bits per heavy atom. The van der Waals surface area contributed by atoms with Crippen molar-refractivity contribution >= 4 is 91.9 Å². The highest BCUT2D eigenvalue weighted by Crippen LogP contribution is 2.35. The molecule has 6 rings (SSSR count). The average molecular weight is 1750 g/mol. The van der Waals surface area contributed by atoms with E-state index >= 15 is 0 Å². The van der Waals surface area contributed by atoms with Gasteiger partial charge in [-0.15, -0.1) is 0 Å². The van der Waals surface area contributed by atoms with E-state index in [0.29, 0.717) is 43.6 Å². The normalized spacial score (nSPS) is 19.7. The number of aliphatic carboxylic acids is 1. The Balaban J connectivity index is 1.07. The molecule has 686 valence electrons. The first-order valence-corrected chi connectivity index (χ1v) is 43.0. The van der Waals surface area contributed by atoms with Crippen molar-refractivity contribution < 1.29 is 119 Å². The second-order valence-electron chi connectivity index (χ2n) is 32.1. The van der Waals surface area contributed by atoms with Gasteiger partial charge in [-0.3, -0.25) is 53.1 Å². The van der Waals surface area contributed by atoms with Crippen LogP contribution in [-0.4, -0.2) is 302 Å². The molecule has 18 atom stereocenters. The fraction of sp³-hybridized carbons (Fsp3) is 0.639. The van der Waals surface area contributed by atoms with Gasteiger partial charge in [-0.2, -0.15) is 8.42 Å². The highest BCUT2D eigenvalue weighted by Gasteiger charge is 2.49. The first-order valence-electron chi connectivity index (χ1n) is 41.4. The molecular formula is C83H128N14O25S. The van der Waals surface area contributed by atoms with Crippen molar-refractivity contribution in [1.82, 2.24) is 67.0 Å². The second-order valence-corrected chi connectivity index (χ2v) is 33.6. The number of hydrogen-bond acceptors (Lipinski definition) is 27. The van der Waals surface area contributed by atoms with E-state index in [-0.39, 0.29) is 99.9 Å². The average Bonchev–Trinajstić information content (AvgIpc) is 1.71. The SMILES string of the molecule is CC[C@H](C)[C@@H]([C@@H](CC(=O)N1CCC[C@H]1[C@H](OC)[C@@H](C)C(=O)N[C@H](C)[C@@H](OC(=O)c1ccc(NC(=O)[C@H](C)NC(=O)[C@@H](NC(=O)CCOCCOCCNC(=O)[C@H](CS(=O)(=O)O)NC(=O)CCn2c(CN(C)NC)cc3cccnc32)C(C)C)cc1O[C@@H]1O[C@H](C(=O)O)[C@@H](O)[C@H](O)[C@H]1O)c1ccccc1)OC)N(C)C(=O)[C@@H](NC(=O)[C@@H](NC)C(C)C)C(C)C. The maximum atomic E-state index is 14.9. The first-order chi connectivity index (χ1) is 58.1. The summed E-state index contributed by atoms with van der Waals surface area (Å²) in [6.45, 7) is 19.8. The summed E-state index contributed by atoms with van der Waals surface area (Å²) in [5, 5.41) is 66.8. The smallest absolute Gasteiger partial charge is 0.342 e. The summed E-state index contributed by atoms with van der Waals surface area (Å²) in [7, 11) is 5.11. The van der Waals surface area contributed by atoms with Crippen LogP contribution < -0.4 is 52.7 Å².